The molecule has 232 valence electrons. The number of fused-ring (bicyclic) bond motifs is 4. The van der Waals surface area contributed by atoms with Gasteiger partial charge in [0.15, 0.2) is 34.5 Å². The standard InChI is InChI=1S/2C16H10O7/c2*17-8-3-1-7(2-4-8)15-14(20)12(18)11-9(23-15)5-10-16(13(11)19)22-6-21-10/h2*1-5,17,19-20H,6H2. The van der Waals surface area contributed by atoms with Crippen molar-refractivity contribution in [1.29, 1.82) is 0 Å². The Bertz CT molecular complexity index is 2140. The molecule has 8 rings (SSSR count). The predicted molar refractivity (Wildman–Crippen MR) is 158 cm³/mol. The zero-order chi connectivity index (χ0) is 32.3. The molecule has 0 saturated carbocycles. The van der Waals surface area contributed by atoms with Crippen LogP contribution in [-0.4, -0.2) is 44.2 Å². The van der Waals surface area contributed by atoms with Gasteiger partial charge in [-0.3, -0.25) is 9.59 Å². The van der Waals surface area contributed by atoms with Gasteiger partial charge in [-0.15, -0.1) is 0 Å². The van der Waals surface area contributed by atoms with Gasteiger partial charge in [0.05, 0.1) is 0 Å². The van der Waals surface area contributed by atoms with Crippen LogP contribution >= 0.6 is 0 Å². The minimum absolute atomic E-state index is 0.0392. The largest absolute Gasteiger partial charge is 0.508 e. The van der Waals surface area contributed by atoms with Crippen molar-refractivity contribution in [2.45, 2.75) is 0 Å². The van der Waals surface area contributed by atoms with Crippen LogP contribution in [0.4, 0.5) is 0 Å². The van der Waals surface area contributed by atoms with Crippen molar-refractivity contribution in [3.8, 4) is 80.1 Å². The first-order valence-corrected chi connectivity index (χ1v) is 13.3. The monoisotopic (exact) mass is 628 g/mol. The number of phenols is 4. The summed E-state index contributed by atoms with van der Waals surface area (Å²) in [4.78, 5) is 24.8. The molecule has 0 radical (unpaired) electrons. The highest BCUT2D eigenvalue weighted by atomic mass is 16.7. The molecule has 0 bridgehead atoms. The molecule has 0 fully saturated rings. The van der Waals surface area contributed by atoms with E-state index in [1.807, 2.05) is 0 Å². The summed E-state index contributed by atoms with van der Waals surface area (Å²) in [6.07, 6.45) is 0. The maximum absolute atomic E-state index is 12.4. The number of aromatic hydroxyl groups is 6. The van der Waals surface area contributed by atoms with Crippen LogP contribution in [0.5, 0.6) is 57.5 Å². The molecule has 6 aromatic rings. The molecule has 0 atom stereocenters. The maximum Gasteiger partial charge on any atom is 0.238 e. The van der Waals surface area contributed by atoms with E-state index in [-0.39, 0.29) is 81.5 Å². The maximum atomic E-state index is 12.4. The second-order valence-electron chi connectivity index (χ2n) is 9.98. The minimum Gasteiger partial charge on any atom is -0.508 e. The summed E-state index contributed by atoms with van der Waals surface area (Å²) in [7, 11) is 0. The number of hydrogen-bond acceptors (Lipinski definition) is 14. The van der Waals surface area contributed by atoms with Gasteiger partial charge in [-0.05, 0) is 48.5 Å². The Kier molecular flexibility index (Phi) is 6.40. The quantitative estimate of drug-likeness (QED) is 0.154. The van der Waals surface area contributed by atoms with Crippen LogP contribution in [0.3, 0.4) is 0 Å². The summed E-state index contributed by atoms with van der Waals surface area (Å²) in [5.74, 6) is -1.62. The first-order valence-electron chi connectivity index (χ1n) is 13.3. The van der Waals surface area contributed by atoms with Gasteiger partial charge in [-0.1, -0.05) is 0 Å². The van der Waals surface area contributed by atoms with Gasteiger partial charge in [0, 0.05) is 23.3 Å². The van der Waals surface area contributed by atoms with E-state index in [1.54, 1.807) is 0 Å². The molecule has 0 aliphatic carbocycles. The lowest BCUT2D eigenvalue weighted by Crippen LogP contribution is -2.03. The Balaban J connectivity index is 0.000000147. The predicted octanol–water partition coefficient (Wildman–Crippen LogP) is 4.61. The van der Waals surface area contributed by atoms with Gasteiger partial charge in [0.2, 0.25) is 47.4 Å². The molecule has 2 aromatic heterocycles. The number of phenolic OH excluding ortho intramolecular Hbond substituents is 4. The van der Waals surface area contributed by atoms with Crippen molar-refractivity contribution < 1.29 is 58.4 Å². The van der Waals surface area contributed by atoms with Crippen molar-refractivity contribution in [3.05, 3.63) is 81.1 Å². The molecule has 0 saturated heterocycles. The highest BCUT2D eigenvalue weighted by Crippen LogP contribution is 2.47. The Labute approximate surface area is 255 Å². The zero-order valence-corrected chi connectivity index (χ0v) is 23.1. The van der Waals surface area contributed by atoms with Crippen LogP contribution in [0, 0.1) is 0 Å². The summed E-state index contributed by atoms with van der Waals surface area (Å²) < 4.78 is 31.7. The van der Waals surface area contributed by atoms with Crippen LogP contribution < -0.4 is 29.8 Å². The lowest BCUT2D eigenvalue weighted by Gasteiger charge is -2.08. The molecular weight excluding hydrogens is 608 g/mol. The summed E-state index contributed by atoms with van der Waals surface area (Å²) >= 11 is 0. The van der Waals surface area contributed by atoms with Crippen molar-refractivity contribution in [1.82, 2.24) is 0 Å². The number of benzene rings is 4. The van der Waals surface area contributed by atoms with Crippen LogP contribution in [0.2, 0.25) is 0 Å². The van der Waals surface area contributed by atoms with Crippen molar-refractivity contribution in [3.63, 3.8) is 0 Å². The van der Waals surface area contributed by atoms with Crippen molar-refractivity contribution >= 4 is 21.9 Å². The van der Waals surface area contributed by atoms with Gasteiger partial charge in [-0.2, -0.15) is 0 Å². The van der Waals surface area contributed by atoms with E-state index in [1.165, 1.54) is 60.7 Å². The Morgan fingerprint density at radius 1 is 0.478 bits per heavy atom. The zero-order valence-electron chi connectivity index (χ0n) is 23.1. The summed E-state index contributed by atoms with van der Waals surface area (Å²) in [5.41, 5.74) is -0.668. The van der Waals surface area contributed by atoms with E-state index in [2.05, 4.69) is 0 Å². The molecule has 4 heterocycles. The average Bonchev–Trinajstić information content (AvgIpc) is 3.72. The third-order valence-corrected chi connectivity index (χ3v) is 7.20. The molecular formula is C32H20O14. The fourth-order valence-corrected chi connectivity index (χ4v) is 4.98. The normalized spacial score (nSPS) is 12.7. The topological polar surface area (TPSA) is 219 Å². The van der Waals surface area contributed by atoms with E-state index in [9.17, 15) is 40.2 Å². The molecule has 0 unspecified atom stereocenters. The van der Waals surface area contributed by atoms with Gasteiger partial charge in [-0.25, -0.2) is 0 Å². The van der Waals surface area contributed by atoms with Gasteiger partial charge in [0.1, 0.15) is 33.4 Å². The summed E-state index contributed by atoms with van der Waals surface area (Å²) in [5, 5.41) is 58.9. The Morgan fingerprint density at radius 2 is 0.848 bits per heavy atom. The molecule has 14 nitrogen and oxygen atoms in total. The van der Waals surface area contributed by atoms with Gasteiger partial charge >= 0.3 is 0 Å². The first kappa shape index (κ1) is 28.1. The molecule has 4 aromatic carbocycles. The van der Waals surface area contributed by atoms with Crippen molar-refractivity contribution in [2.75, 3.05) is 13.6 Å². The lowest BCUT2D eigenvalue weighted by molar-refractivity contribution is 0.171. The highest BCUT2D eigenvalue weighted by molar-refractivity contribution is 5.92. The van der Waals surface area contributed by atoms with E-state index in [0.717, 1.165) is 0 Å². The first-order chi connectivity index (χ1) is 22.1. The number of ether oxygens (including phenoxy) is 4. The Morgan fingerprint density at radius 3 is 1.22 bits per heavy atom. The molecule has 2 aliphatic heterocycles. The van der Waals surface area contributed by atoms with E-state index in [4.69, 9.17) is 27.8 Å². The Hall–Kier alpha value is -6.70. The fraction of sp³-hybridized carbons (Fsp3) is 0.0625. The average molecular weight is 628 g/mol. The molecule has 0 spiro atoms. The van der Waals surface area contributed by atoms with Crippen LogP contribution in [0.25, 0.3) is 44.6 Å². The third-order valence-electron chi connectivity index (χ3n) is 7.20. The minimum atomic E-state index is -0.787. The van der Waals surface area contributed by atoms with E-state index >= 15 is 0 Å². The molecule has 2 aliphatic rings. The van der Waals surface area contributed by atoms with E-state index in [0.29, 0.717) is 11.1 Å². The molecule has 0 amide bonds. The summed E-state index contributed by atoms with van der Waals surface area (Å²) in [6.45, 7) is -0.158. The van der Waals surface area contributed by atoms with Gasteiger partial charge < -0.3 is 58.4 Å². The van der Waals surface area contributed by atoms with Crippen LogP contribution in [-0.2, 0) is 0 Å². The van der Waals surface area contributed by atoms with E-state index < -0.39 is 33.9 Å². The van der Waals surface area contributed by atoms with Crippen LogP contribution in [0.1, 0.15) is 0 Å². The SMILES string of the molecule is O=c1c(O)c(-c2ccc(O)cc2)oc2cc3c(c(O)c12)OCO3.O=c1c(O)c(-c2ccc(O)cc2)oc2cc3c(c(O)c12)OCO3. The lowest BCUT2D eigenvalue weighted by atomic mass is 10.1. The smallest absolute Gasteiger partial charge is 0.238 e. The highest BCUT2D eigenvalue weighted by Gasteiger charge is 2.28. The number of hydrogen-bond donors (Lipinski definition) is 6. The second kappa shape index (κ2) is 10.5. The fourth-order valence-electron chi connectivity index (χ4n) is 4.98. The second-order valence-corrected chi connectivity index (χ2v) is 9.98. The molecule has 14 heteroatoms. The van der Waals surface area contributed by atoms with Crippen LogP contribution in [0.15, 0.2) is 79.1 Å². The third kappa shape index (κ3) is 4.43. The summed E-state index contributed by atoms with van der Waals surface area (Å²) in [6, 6.07) is 14.4. The number of rotatable bonds is 2. The van der Waals surface area contributed by atoms with Crippen molar-refractivity contribution in [2.24, 2.45) is 0 Å². The van der Waals surface area contributed by atoms with Gasteiger partial charge in [0.25, 0.3) is 0 Å². The molecule has 6 N–H and O–H groups in total. The molecule has 46 heavy (non-hydrogen) atoms.